The van der Waals surface area contributed by atoms with Crippen molar-refractivity contribution < 1.29 is 9.59 Å². The molecule has 0 saturated carbocycles. The molecular weight excluding hydrogens is 340 g/mol. The van der Waals surface area contributed by atoms with Crippen LogP contribution in [0.3, 0.4) is 0 Å². The number of nitrogens with one attached hydrogen (secondary N) is 1. The van der Waals surface area contributed by atoms with Crippen molar-refractivity contribution >= 4 is 34.3 Å². The predicted molar refractivity (Wildman–Crippen MR) is 96.6 cm³/mol. The summed E-state index contributed by atoms with van der Waals surface area (Å²) >= 11 is 6.03. The van der Waals surface area contributed by atoms with Gasteiger partial charge in [0, 0.05) is 29.2 Å². The van der Waals surface area contributed by atoms with E-state index in [0.717, 1.165) is 16.5 Å². The summed E-state index contributed by atoms with van der Waals surface area (Å²) in [4.78, 5) is 27.7. The molecule has 0 aliphatic carbocycles. The number of benzene rings is 1. The lowest BCUT2D eigenvalue weighted by molar-refractivity contribution is 0.0930. The molecule has 2 aromatic heterocycles. The third kappa shape index (κ3) is 3.34. The second-order valence-electron chi connectivity index (χ2n) is 5.83. The number of halogens is 1. The van der Waals surface area contributed by atoms with E-state index in [0.29, 0.717) is 10.7 Å². The molecule has 3 rings (SSSR count). The number of nitrogens with zero attached hydrogens (tertiary/aromatic N) is 2. The van der Waals surface area contributed by atoms with Crippen molar-refractivity contribution in [2.24, 2.45) is 12.8 Å². The van der Waals surface area contributed by atoms with Gasteiger partial charge in [-0.1, -0.05) is 23.7 Å². The smallest absolute Gasteiger partial charge is 0.268 e. The first-order valence-corrected chi connectivity index (χ1v) is 8.06. The van der Waals surface area contributed by atoms with Crippen molar-refractivity contribution in [3.8, 4) is 0 Å². The molecule has 25 heavy (non-hydrogen) atoms. The van der Waals surface area contributed by atoms with Crippen LogP contribution in [0.25, 0.3) is 10.9 Å². The predicted octanol–water partition coefficient (Wildman–Crippen LogP) is 2.82. The Kier molecular flexibility index (Phi) is 4.46. The zero-order valence-electron chi connectivity index (χ0n) is 13.8. The summed E-state index contributed by atoms with van der Waals surface area (Å²) in [7, 11) is 1.82. The van der Waals surface area contributed by atoms with Gasteiger partial charge in [0.25, 0.3) is 11.8 Å². The summed E-state index contributed by atoms with van der Waals surface area (Å²) in [5.74, 6) is -0.793. The number of aryl methyl sites for hydroxylation is 1. The number of rotatable bonds is 4. The summed E-state index contributed by atoms with van der Waals surface area (Å²) < 4.78 is 1.80. The molecule has 7 heteroatoms. The molecule has 2 amide bonds. The van der Waals surface area contributed by atoms with Crippen LogP contribution < -0.4 is 11.1 Å². The van der Waals surface area contributed by atoms with E-state index in [1.807, 2.05) is 32.2 Å². The summed E-state index contributed by atoms with van der Waals surface area (Å²) in [6, 6.07) is 10.3. The van der Waals surface area contributed by atoms with Gasteiger partial charge in [-0.2, -0.15) is 0 Å². The molecule has 0 fully saturated rings. The topological polar surface area (TPSA) is 90.0 Å². The van der Waals surface area contributed by atoms with E-state index >= 15 is 0 Å². The van der Waals surface area contributed by atoms with Gasteiger partial charge in [-0.05, 0) is 36.8 Å². The van der Waals surface area contributed by atoms with E-state index < -0.39 is 5.91 Å². The molecule has 0 bridgehead atoms. The molecule has 1 aromatic carbocycles. The number of hydrogen-bond acceptors (Lipinski definition) is 3. The highest BCUT2D eigenvalue weighted by molar-refractivity contribution is 6.31. The van der Waals surface area contributed by atoms with E-state index in [4.69, 9.17) is 17.3 Å². The third-order valence-corrected chi connectivity index (χ3v) is 4.36. The van der Waals surface area contributed by atoms with Crippen LogP contribution in [0.2, 0.25) is 5.02 Å². The number of aromatic nitrogens is 2. The normalized spacial score (nSPS) is 12.1. The zero-order chi connectivity index (χ0) is 18.1. The number of primary amides is 1. The van der Waals surface area contributed by atoms with Crippen molar-refractivity contribution in [3.05, 3.63) is 64.6 Å². The largest absolute Gasteiger partial charge is 0.364 e. The third-order valence-electron chi connectivity index (χ3n) is 4.13. The molecule has 3 aromatic rings. The number of carbonyl (C=O) groups excluding carboxylic acids is 2. The average Bonchev–Trinajstić information content (AvgIpc) is 2.91. The second-order valence-corrected chi connectivity index (χ2v) is 6.26. The highest BCUT2D eigenvalue weighted by atomic mass is 35.5. The van der Waals surface area contributed by atoms with Crippen LogP contribution in [0.1, 0.15) is 39.5 Å². The lowest BCUT2D eigenvalue weighted by atomic mass is 10.1. The maximum absolute atomic E-state index is 12.6. The number of hydrogen-bond donors (Lipinski definition) is 2. The number of fused-ring (bicyclic) bond motifs is 1. The summed E-state index contributed by atoms with van der Waals surface area (Å²) in [6.07, 6.45) is 1.53. The molecule has 0 aliphatic heterocycles. The molecule has 3 N–H and O–H groups in total. The minimum Gasteiger partial charge on any atom is -0.364 e. The van der Waals surface area contributed by atoms with Gasteiger partial charge in [0.1, 0.15) is 11.4 Å². The van der Waals surface area contributed by atoms with Crippen LogP contribution >= 0.6 is 11.6 Å². The van der Waals surface area contributed by atoms with E-state index in [1.54, 1.807) is 22.8 Å². The molecule has 0 unspecified atom stereocenters. The van der Waals surface area contributed by atoms with Crippen LogP contribution in [0, 0.1) is 0 Å². The Labute approximate surface area is 149 Å². The quantitative estimate of drug-likeness (QED) is 0.753. The molecule has 6 nitrogen and oxygen atoms in total. The molecule has 2 heterocycles. The van der Waals surface area contributed by atoms with Crippen LogP contribution in [0.5, 0.6) is 0 Å². The second kappa shape index (κ2) is 6.57. The first kappa shape index (κ1) is 17.0. The summed E-state index contributed by atoms with van der Waals surface area (Å²) in [6.45, 7) is 1.85. The number of amides is 2. The maximum Gasteiger partial charge on any atom is 0.268 e. The number of nitrogens with two attached hydrogens (primary N) is 1. The van der Waals surface area contributed by atoms with Crippen molar-refractivity contribution in [3.63, 3.8) is 0 Å². The van der Waals surface area contributed by atoms with E-state index in [-0.39, 0.29) is 17.6 Å². The lowest BCUT2D eigenvalue weighted by Crippen LogP contribution is -2.28. The SMILES string of the molecule is C[C@@H](NC(=O)c1cc2ccc(Cl)cc2n1C)c1ccc(C(N)=O)nc1. The number of pyridine rings is 1. The van der Waals surface area contributed by atoms with Crippen molar-refractivity contribution in [2.75, 3.05) is 0 Å². The molecule has 0 saturated heterocycles. The lowest BCUT2D eigenvalue weighted by Gasteiger charge is -2.14. The van der Waals surface area contributed by atoms with E-state index in [1.165, 1.54) is 6.20 Å². The first-order chi connectivity index (χ1) is 11.9. The Hall–Kier alpha value is -2.86. The first-order valence-electron chi connectivity index (χ1n) is 7.68. The van der Waals surface area contributed by atoms with Gasteiger partial charge in [-0.15, -0.1) is 0 Å². The Bertz CT molecular complexity index is 963. The van der Waals surface area contributed by atoms with Gasteiger partial charge in [-0.3, -0.25) is 14.6 Å². The van der Waals surface area contributed by atoms with E-state index in [9.17, 15) is 9.59 Å². The van der Waals surface area contributed by atoms with Crippen molar-refractivity contribution in [1.29, 1.82) is 0 Å². The number of carbonyl (C=O) groups is 2. The van der Waals surface area contributed by atoms with Crippen LogP contribution in [-0.4, -0.2) is 21.4 Å². The zero-order valence-corrected chi connectivity index (χ0v) is 14.5. The minimum absolute atomic E-state index is 0.188. The molecular formula is C18H17ClN4O2. The molecule has 128 valence electrons. The summed E-state index contributed by atoms with van der Waals surface area (Å²) in [5, 5.41) is 4.49. The standard InChI is InChI=1S/C18H17ClN4O2/c1-10(12-4-6-14(17(20)24)21-9-12)22-18(25)16-7-11-3-5-13(19)8-15(11)23(16)2/h3-10H,1-2H3,(H2,20,24)(H,22,25)/t10-/m1/s1. The Morgan fingerprint density at radius 3 is 2.64 bits per heavy atom. The van der Waals surface area contributed by atoms with Gasteiger partial charge >= 0.3 is 0 Å². The fourth-order valence-corrected chi connectivity index (χ4v) is 2.85. The molecule has 0 aliphatic rings. The van der Waals surface area contributed by atoms with Crippen LogP contribution in [0.4, 0.5) is 0 Å². The van der Waals surface area contributed by atoms with Gasteiger partial charge < -0.3 is 15.6 Å². The van der Waals surface area contributed by atoms with Crippen molar-refractivity contribution in [2.45, 2.75) is 13.0 Å². The van der Waals surface area contributed by atoms with E-state index in [2.05, 4.69) is 10.3 Å². The van der Waals surface area contributed by atoms with Gasteiger partial charge in [0.05, 0.1) is 6.04 Å². The Morgan fingerprint density at radius 2 is 2.00 bits per heavy atom. The highest BCUT2D eigenvalue weighted by Gasteiger charge is 2.17. The Morgan fingerprint density at radius 1 is 1.24 bits per heavy atom. The fraction of sp³-hybridized carbons (Fsp3) is 0.167. The average molecular weight is 357 g/mol. The minimum atomic E-state index is -0.586. The van der Waals surface area contributed by atoms with Gasteiger partial charge in [0.15, 0.2) is 0 Å². The maximum atomic E-state index is 12.6. The van der Waals surface area contributed by atoms with Crippen LogP contribution in [-0.2, 0) is 7.05 Å². The Balaban J connectivity index is 1.82. The molecule has 0 radical (unpaired) electrons. The molecule has 1 atom stereocenters. The summed E-state index contributed by atoms with van der Waals surface area (Å²) in [5.41, 5.74) is 7.56. The van der Waals surface area contributed by atoms with Crippen LogP contribution in [0.15, 0.2) is 42.6 Å². The fourth-order valence-electron chi connectivity index (χ4n) is 2.68. The highest BCUT2D eigenvalue weighted by Crippen LogP contribution is 2.23. The monoisotopic (exact) mass is 356 g/mol. The molecule has 0 spiro atoms. The van der Waals surface area contributed by atoms with Gasteiger partial charge in [0.2, 0.25) is 0 Å². The van der Waals surface area contributed by atoms with Gasteiger partial charge in [-0.25, -0.2) is 0 Å². The van der Waals surface area contributed by atoms with Crippen molar-refractivity contribution in [1.82, 2.24) is 14.9 Å².